The van der Waals surface area contributed by atoms with Crippen LogP contribution >= 0.6 is 0 Å². The van der Waals surface area contributed by atoms with Crippen molar-refractivity contribution in [2.45, 2.75) is 19.4 Å². The topological polar surface area (TPSA) is 38.0 Å². The van der Waals surface area contributed by atoms with Crippen molar-refractivity contribution in [1.29, 1.82) is 0 Å². The SMILES string of the molecule is Cc1ccccc1C1NCCC1CN. The Morgan fingerprint density at radius 1 is 1.43 bits per heavy atom. The van der Waals surface area contributed by atoms with Crippen LogP contribution in [-0.2, 0) is 0 Å². The zero-order valence-corrected chi connectivity index (χ0v) is 8.66. The Balaban J connectivity index is 2.26. The first-order valence-electron chi connectivity index (χ1n) is 5.32. The third-order valence-electron chi connectivity index (χ3n) is 3.18. The van der Waals surface area contributed by atoms with E-state index in [1.165, 1.54) is 17.5 Å². The van der Waals surface area contributed by atoms with E-state index in [4.69, 9.17) is 5.73 Å². The number of nitrogens with one attached hydrogen (secondary N) is 1. The molecule has 1 saturated heterocycles. The van der Waals surface area contributed by atoms with Crippen molar-refractivity contribution in [3.8, 4) is 0 Å². The molecule has 2 unspecified atom stereocenters. The number of aryl methyl sites for hydroxylation is 1. The lowest BCUT2D eigenvalue weighted by molar-refractivity contribution is 0.471. The third kappa shape index (κ3) is 1.68. The van der Waals surface area contributed by atoms with Crippen LogP contribution in [-0.4, -0.2) is 13.1 Å². The van der Waals surface area contributed by atoms with Gasteiger partial charge < -0.3 is 11.1 Å². The van der Waals surface area contributed by atoms with Gasteiger partial charge in [0.15, 0.2) is 0 Å². The highest BCUT2D eigenvalue weighted by Gasteiger charge is 2.27. The fraction of sp³-hybridized carbons (Fsp3) is 0.500. The second-order valence-electron chi connectivity index (χ2n) is 4.07. The summed E-state index contributed by atoms with van der Waals surface area (Å²) in [6, 6.07) is 9.05. The van der Waals surface area contributed by atoms with Gasteiger partial charge in [-0.1, -0.05) is 24.3 Å². The van der Waals surface area contributed by atoms with Gasteiger partial charge in [-0.15, -0.1) is 0 Å². The lowest BCUT2D eigenvalue weighted by atomic mass is 9.92. The highest BCUT2D eigenvalue weighted by Crippen LogP contribution is 2.30. The van der Waals surface area contributed by atoms with Gasteiger partial charge in [0.1, 0.15) is 0 Å². The van der Waals surface area contributed by atoms with Crippen LogP contribution in [0.3, 0.4) is 0 Å². The largest absolute Gasteiger partial charge is 0.330 e. The minimum atomic E-state index is 0.473. The number of rotatable bonds is 2. The van der Waals surface area contributed by atoms with Gasteiger partial charge in [0, 0.05) is 6.04 Å². The van der Waals surface area contributed by atoms with E-state index >= 15 is 0 Å². The molecule has 2 nitrogen and oxygen atoms in total. The second-order valence-corrected chi connectivity index (χ2v) is 4.07. The zero-order valence-electron chi connectivity index (χ0n) is 8.66. The maximum Gasteiger partial charge on any atom is 0.0363 e. The number of hydrogen-bond donors (Lipinski definition) is 2. The molecule has 2 atom stereocenters. The third-order valence-corrected chi connectivity index (χ3v) is 3.18. The molecule has 0 radical (unpaired) electrons. The zero-order chi connectivity index (χ0) is 9.97. The van der Waals surface area contributed by atoms with Crippen molar-refractivity contribution < 1.29 is 0 Å². The van der Waals surface area contributed by atoms with E-state index < -0.39 is 0 Å². The number of hydrogen-bond acceptors (Lipinski definition) is 2. The molecule has 3 N–H and O–H groups in total. The molecule has 0 spiro atoms. The molecule has 1 fully saturated rings. The average molecular weight is 190 g/mol. The average Bonchev–Trinajstić information content (AvgIpc) is 2.66. The minimum Gasteiger partial charge on any atom is -0.330 e. The summed E-state index contributed by atoms with van der Waals surface area (Å²) in [6.07, 6.45) is 1.20. The van der Waals surface area contributed by atoms with Gasteiger partial charge in [-0.25, -0.2) is 0 Å². The molecule has 0 saturated carbocycles. The molecule has 2 heteroatoms. The first-order valence-corrected chi connectivity index (χ1v) is 5.32. The predicted molar refractivity (Wildman–Crippen MR) is 59.1 cm³/mol. The van der Waals surface area contributed by atoms with Gasteiger partial charge in [0.05, 0.1) is 0 Å². The van der Waals surface area contributed by atoms with Crippen molar-refractivity contribution in [1.82, 2.24) is 5.32 Å². The minimum absolute atomic E-state index is 0.473. The molecular formula is C12H18N2. The van der Waals surface area contributed by atoms with Gasteiger partial charge in [0.25, 0.3) is 0 Å². The summed E-state index contributed by atoms with van der Waals surface area (Å²) in [5.74, 6) is 0.607. The van der Waals surface area contributed by atoms with Crippen LogP contribution in [0.15, 0.2) is 24.3 Å². The monoisotopic (exact) mass is 190 g/mol. The molecule has 0 aliphatic carbocycles. The van der Waals surface area contributed by atoms with Gasteiger partial charge in [-0.3, -0.25) is 0 Å². The van der Waals surface area contributed by atoms with Crippen LogP contribution in [0.1, 0.15) is 23.6 Å². The van der Waals surface area contributed by atoms with E-state index in [2.05, 4.69) is 36.5 Å². The summed E-state index contributed by atoms with van der Waals surface area (Å²) in [6.45, 7) is 4.05. The fourth-order valence-electron chi connectivity index (χ4n) is 2.31. The summed E-state index contributed by atoms with van der Waals surface area (Å²) in [7, 11) is 0. The summed E-state index contributed by atoms with van der Waals surface area (Å²) in [5, 5.41) is 3.53. The second kappa shape index (κ2) is 4.11. The Bertz CT molecular complexity index is 309. The number of benzene rings is 1. The molecular weight excluding hydrogens is 172 g/mol. The Labute approximate surface area is 85.5 Å². The molecule has 1 aliphatic rings. The Kier molecular flexibility index (Phi) is 2.85. The molecule has 1 aromatic rings. The van der Waals surface area contributed by atoms with Gasteiger partial charge in [0.2, 0.25) is 0 Å². The van der Waals surface area contributed by atoms with Crippen LogP contribution in [0.5, 0.6) is 0 Å². The molecule has 2 rings (SSSR count). The molecule has 0 amide bonds. The normalized spacial score (nSPS) is 26.7. The lowest BCUT2D eigenvalue weighted by Crippen LogP contribution is -2.23. The fourth-order valence-corrected chi connectivity index (χ4v) is 2.31. The van der Waals surface area contributed by atoms with Gasteiger partial charge >= 0.3 is 0 Å². The van der Waals surface area contributed by atoms with E-state index in [0.717, 1.165) is 13.1 Å². The summed E-state index contributed by atoms with van der Waals surface area (Å²) in [4.78, 5) is 0. The Morgan fingerprint density at radius 3 is 2.93 bits per heavy atom. The molecule has 14 heavy (non-hydrogen) atoms. The van der Waals surface area contributed by atoms with Crippen LogP contribution in [0.4, 0.5) is 0 Å². The van der Waals surface area contributed by atoms with Crippen molar-refractivity contribution in [2.24, 2.45) is 11.7 Å². The molecule has 0 aromatic heterocycles. The van der Waals surface area contributed by atoms with E-state index in [1.807, 2.05) is 0 Å². The Hall–Kier alpha value is -0.860. The van der Waals surface area contributed by atoms with Crippen LogP contribution < -0.4 is 11.1 Å². The quantitative estimate of drug-likeness (QED) is 0.743. The number of nitrogens with two attached hydrogens (primary N) is 1. The van der Waals surface area contributed by atoms with Gasteiger partial charge in [-0.05, 0) is 43.5 Å². The molecule has 1 aromatic carbocycles. The molecule has 76 valence electrons. The summed E-state index contributed by atoms with van der Waals surface area (Å²) in [5.41, 5.74) is 8.55. The summed E-state index contributed by atoms with van der Waals surface area (Å²) < 4.78 is 0. The highest BCUT2D eigenvalue weighted by atomic mass is 15.0. The molecule has 1 heterocycles. The van der Waals surface area contributed by atoms with Crippen molar-refractivity contribution >= 4 is 0 Å². The van der Waals surface area contributed by atoms with E-state index in [1.54, 1.807) is 0 Å². The van der Waals surface area contributed by atoms with Crippen molar-refractivity contribution in [2.75, 3.05) is 13.1 Å². The van der Waals surface area contributed by atoms with Crippen LogP contribution in [0.25, 0.3) is 0 Å². The van der Waals surface area contributed by atoms with E-state index in [-0.39, 0.29) is 0 Å². The first kappa shape index (κ1) is 9.69. The van der Waals surface area contributed by atoms with Crippen molar-refractivity contribution in [3.05, 3.63) is 35.4 Å². The molecule has 1 aliphatic heterocycles. The van der Waals surface area contributed by atoms with E-state index in [0.29, 0.717) is 12.0 Å². The maximum atomic E-state index is 5.77. The highest BCUT2D eigenvalue weighted by molar-refractivity contribution is 5.30. The van der Waals surface area contributed by atoms with Crippen molar-refractivity contribution in [3.63, 3.8) is 0 Å². The maximum absolute atomic E-state index is 5.77. The smallest absolute Gasteiger partial charge is 0.0363 e. The lowest BCUT2D eigenvalue weighted by Gasteiger charge is -2.20. The van der Waals surface area contributed by atoms with Crippen LogP contribution in [0.2, 0.25) is 0 Å². The predicted octanol–water partition coefficient (Wildman–Crippen LogP) is 1.60. The summed E-state index contributed by atoms with van der Waals surface area (Å²) >= 11 is 0. The standard InChI is InChI=1S/C12H18N2/c1-9-4-2-3-5-11(9)12-10(8-13)6-7-14-12/h2-5,10,12,14H,6-8,13H2,1H3. The van der Waals surface area contributed by atoms with E-state index in [9.17, 15) is 0 Å². The van der Waals surface area contributed by atoms with Crippen LogP contribution in [0, 0.1) is 12.8 Å². The first-order chi connectivity index (χ1) is 6.83. The molecule has 0 bridgehead atoms. The van der Waals surface area contributed by atoms with Gasteiger partial charge in [-0.2, -0.15) is 0 Å². The Morgan fingerprint density at radius 2 is 2.21 bits per heavy atom.